The number of alkyl halides is 1. The maximum Gasteiger partial charge on any atom is 0.224 e. The molecule has 0 aliphatic heterocycles. The van der Waals surface area contributed by atoms with E-state index in [0.717, 1.165) is 23.9 Å². The number of halogens is 1. The Morgan fingerprint density at radius 3 is 2.56 bits per heavy atom. The van der Waals surface area contributed by atoms with Crippen molar-refractivity contribution >= 4 is 39.3 Å². The Morgan fingerprint density at radius 1 is 1.31 bits per heavy atom. The number of nitrogens with one attached hydrogen (secondary N) is 1. The predicted molar refractivity (Wildman–Crippen MR) is 74.5 cm³/mol. The molecule has 0 saturated heterocycles. The molecule has 1 aromatic rings. The topological polar surface area (TPSA) is 29.1 Å². The van der Waals surface area contributed by atoms with Crippen LogP contribution in [-0.2, 0) is 4.79 Å². The molecule has 1 aromatic carbocycles. The van der Waals surface area contributed by atoms with Gasteiger partial charge >= 0.3 is 0 Å². The molecule has 0 unspecified atom stereocenters. The summed E-state index contributed by atoms with van der Waals surface area (Å²) < 4.78 is 0. The number of unbranched alkanes of at least 4 members (excludes halogenated alkanes) is 1. The first-order valence-electron chi connectivity index (χ1n) is 5.26. The van der Waals surface area contributed by atoms with Crippen LogP contribution in [0, 0.1) is 0 Å². The van der Waals surface area contributed by atoms with E-state index < -0.39 is 0 Å². The zero-order valence-corrected chi connectivity index (χ0v) is 11.7. The molecule has 0 atom stereocenters. The van der Waals surface area contributed by atoms with E-state index in [2.05, 4.69) is 21.2 Å². The Kier molecular flexibility index (Phi) is 6.57. The van der Waals surface area contributed by atoms with Gasteiger partial charge in [0.1, 0.15) is 0 Å². The second-order valence-electron chi connectivity index (χ2n) is 3.42. The highest BCUT2D eigenvalue weighted by Crippen LogP contribution is 2.17. The first kappa shape index (κ1) is 13.6. The molecule has 0 aromatic heterocycles. The first-order chi connectivity index (χ1) is 7.76. The molecule has 0 aliphatic carbocycles. The van der Waals surface area contributed by atoms with Gasteiger partial charge in [-0.2, -0.15) is 0 Å². The average Bonchev–Trinajstić information content (AvgIpc) is 2.30. The van der Waals surface area contributed by atoms with Gasteiger partial charge in [-0.3, -0.25) is 4.79 Å². The smallest absolute Gasteiger partial charge is 0.224 e. The van der Waals surface area contributed by atoms with Crippen molar-refractivity contribution in [1.29, 1.82) is 0 Å². The summed E-state index contributed by atoms with van der Waals surface area (Å²) in [5.41, 5.74) is 0.877. The van der Waals surface area contributed by atoms with Gasteiger partial charge in [-0.05, 0) is 43.4 Å². The van der Waals surface area contributed by atoms with Crippen LogP contribution in [0.1, 0.15) is 19.3 Å². The Balaban J connectivity index is 2.37. The molecular weight excluding hydrogens is 286 g/mol. The monoisotopic (exact) mass is 301 g/mol. The third-order valence-corrected chi connectivity index (χ3v) is 3.47. The van der Waals surface area contributed by atoms with Crippen LogP contribution < -0.4 is 5.32 Å². The minimum Gasteiger partial charge on any atom is -0.326 e. The van der Waals surface area contributed by atoms with E-state index in [1.807, 2.05) is 30.5 Å². The fraction of sp³-hybridized carbons (Fsp3) is 0.417. The third kappa shape index (κ3) is 5.03. The summed E-state index contributed by atoms with van der Waals surface area (Å²) in [4.78, 5) is 12.7. The molecule has 0 heterocycles. The van der Waals surface area contributed by atoms with Crippen molar-refractivity contribution in [2.75, 3.05) is 16.9 Å². The van der Waals surface area contributed by atoms with Gasteiger partial charge in [-0.1, -0.05) is 15.9 Å². The van der Waals surface area contributed by atoms with E-state index in [1.165, 1.54) is 4.90 Å². The van der Waals surface area contributed by atoms with Gasteiger partial charge in [0, 0.05) is 22.3 Å². The van der Waals surface area contributed by atoms with Crippen LogP contribution >= 0.6 is 27.7 Å². The predicted octanol–water partition coefficient (Wildman–Crippen LogP) is 3.91. The molecule has 1 rings (SSSR count). The molecule has 0 bridgehead atoms. The Labute approximate surface area is 109 Å². The van der Waals surface area contributed by atoms with E-state index in [0.29, 0.717) is 6.42 Å². The number of hydrogen-bond donors (Lipinski definition) is 1. The summed E-state index contributed by atoms with van der Waals surface area (Å²) >= 11 is 5.04. The van der Waals surface area contributed by atoms with Crippen LogP contribution in [0.3, 0.4) is 0 Å². The lowest BCUT2D eigenvalue weighted by Gasteiger charge is -2.05. The molecule has 88 valence electrons. The van der Waals surface area contributed by atoms with Crippen LogP contribution in [0.5, 0.6) is 0 Å². The van der Waals surface area contributed by atoms with E-state index in [-0.39, 0.29) is 5.91 Å². The van der Waals surface area contributed by atoms with Crippen LogP contribution in [0.4, 0.5) is 5.69 Å². The lowest BCUT2D eigenvalue weighted by molar-refractivity contribution is -0.116. The summed E-state index contributed by atoms with van der Waals surface area (Å²) in [7, 11) is 0. The molecule has 4 heteroatoms. The van der Waals surface area contributed by atoms with Crippen molar-refractivity contribution in [3.8, 4) is 0 Å². The largest absolute Gasteiger partial charge is 0.326 e. The maximum absolute atomic E-state index is 11.5. The number of benzene rings is 1. The lowest BCUT2D eigenvalue weighted by Crippen LogP contribution is -2.10. The third-order valence-electron chi connectivity index (χ3n) is 2.16. The number of amides is 1. The Bertz CT molecular complexity index is 326. The quantitative estimate of drug-likeness (QED) is 0.490. The lowest BCUT2D eigenvalue weighted by atomic mass is 10.2. The molecule has 1 amide bonds. The van der Waals surface area contributed by atoms with Crippen molar-refractivity contribution < 1.29 is 4.79 Å². The van der Waals surface area contributed by atoms with Crippen LogP contribution in [0.25, 0.3) is 0 Å². The van der Waals surface area contributed by atoms with Gasteiger partial charge in [-0.25, -0.2) is 0 Å². The van der Waals surface area contributed by atoms with E-state index in [9.17, 15) is 4.79 Å². The fourth-order valence-corrected chi connectivity index (χ4v) is 2.08. The maximum atomic E-state index is 11.5. The number of thioether (sulfide) groups is 1. The highest BCUT2D eigenvalue weighted by atomic mass is 79.9. The second-order valence-corrected chi connectivity index (χ2v) is 5.10. The van der Waals surface area contributed by atoms with Crippen molar-refractivity contribution in [3.63, 3.8) is 0 Å². The first-order valence-corrected chi connectivity index (χ1v) is 7.60. The van der Waals surface area contributed by atoms with Gasteiger partial charge < -0.3 is 5.32 Å². The zero-order chi connectivity index (χ0) is 11.8. The number of anilines is 1. The molecule has 0 radical (unpaired) electrons. The molecule has 0 aliphatic rings. The zero-order valence-electron chi connectivity index (χ0n) is 9.33. The molecule has 0 spiro atoms. The highest BCUT2D eigenvalue weighted by Gasteiger charge is 2.01. The number of carbonyl (C=O) groups is 1. The van der Waals surface area contributed by atoms with E-state index in [1.54, 1.807) is 11.8 Å². The highest BCUT2D eigenvalue weighted by molar-refractivity contribution is 9.09. The SMILES string of the molecule is CSc1ccc(NC(=O)CCCCBr)cc1. The Morgan fingerprint density at radius 2 is 2.00 bits per heavy atom. The minimum absolute atomic E-state index is 0.0952. The second kappa shape index (κ2) is 7.74. The summed E-state index contributed by atoms with van der Waals surface area (Å²) in [6.45, 7) is 0. The van der Waals surface area contributed by atoms with Crippen molar-refractivity contribution in [1.82, 2.24) is 0 Å². The van der Waals surface area contributed by atoms with Gasteiger partial charge in [0.15, 0.2) is 0 Å². The van der Waals surface area contributed by atoms with Gasteiger partial charge in [0.2, 0.25) is 5.91 Å². The molecule has 16 heavy (non-hydrogen) atoms. The van der Waals surface area contributed by atoms with Gasteiger partial charge in [-0.15, -0.1) is 11.8 Å². The van der Waals surface area contributed by atoms with E-state index in [4.69, 9.17) is 0 Å². The van der Waals surface area contributed by atoms with Crippen LogP contribution in [0.2, 0.25) is 0 Å². The van der Waals surface area contributed by atoms with Crippen molar-refractivity contribution in [2.24, 2.45) is 0 Å². The fourth-order valence-electron chi connectivity index (χ4n) is 1.28. The summed E-state index contributed by atoms with van der Waals surface area (Å²) in [5.74, 6) is 0.0952. The molecule has 0 saturated carbocycles. The van der Waals surface area contributed by atoms with Gasteiger partial charge in [0.05, 0.1) is 0 Å². The van der Waals surface area contributed by atoms with Crippen molar-refractivity contribution in [3.05, 3.63) is 24.3 Å². The minimum atomic E-state index is 0.0952. The molecule has 0 fully saturated rings. The molecular formula is C12H16BrNOS. The summed E-state index contributed by atoms with van der Waals surface area (Å²) in [6.07, 6.45) is 4.60. The average molecular weight is 302 g/mol. The van der Waals surface area contributed by atoms with Crippen LogP contribution in [0.15, 0.2) is 29.2 Å². The number of rotatable bonds is 6. The summed E-state index contributed by atoms with van der Waals surface area (Å²) in [6, 6.07) is 7.90. The summed E-state index contributed by atoms with van der Waals surface area (Å²) in [5, 5.41) is 3.85. The normalized spacial score (nSPS) is 10.1. The van der Waals surface area contributed by atoms with Crippen LogP contribution in [-0.4, -0.2) is 17.5 Å². The number of hydrogen-bond acceptors (Lipinski definition) is 2. The standard InChI is InChI=1S/C12H16BrNOS/c1-16-11-7-5-10(6-8-11)14-12(15)4-2-3-9-13/h5-8H,2-4,9H2,1H3,(H,14,15). The van der Waals surface area contributed by atoms with Crippen molar-refractivity contribution in [2.45, 2.75) is 24.2 Å². The number of carbonyl (C=O) groups excluding carboxylic acids is 1. The Hall–Kier alpha value is -0.480. The van der Waals surface area contributed by atoms with E-state index >= 15 is 0 Å². The molecule has 2 nitrogen and oxygen atoms in total. The van der Waals surface area contributed by atoms with Gasteiger partial charge in [0.25, 0.3) is 0 Å². The molecule has 1 N–H and O–H groups in total.